The first-order valence-electron chi connectivity index (χ1n) is 4.19. The maximum atomic E-state index is 11.3. The van der Waals surface area contributed by atoms with E-state index in [-0.39, 0.29) is 11.9 Å². The number of rotatable bonds is 3. The average molecular weight is 170 g/mol. The molecule has 0 aromatic rings. The standard InChI is InChI=1S/C8H14N2O2/c1-9-5-8(12)10-4-2-3-7(10)6-11/h6-7,9H,2-5H2,1H3/t7-/m1/s1. The number of aldehydes is 1. The minimum Gasteiger partial charge on any atom is -0.332 e. The first kappa shape index (κ1) is 9.19. The molecule has 4 nitrogen and oxygen atoms in total. The van der Waals surface area contributed by atoms with Crippen LogP contribution in [0, 0.1) is 0 Å². The summed E-state index contributed by atoms with van der Waals surface area (Å²) in [7, 11) is 1.73. The highest BCUT2D eigenvalue weighted by molar-refractivity contribution is 5.81. The Hall–Kier alpha value is -0.900. The number of nitrogens with zero attached hydrogens (tertiary/aromatic N) is 1. The third-order valence-corrected chi connectivity index (χ3v) is 2.10. The molecule has 1 heterocycles. The van der Waals surface area contributed by atoms with E-state index in [0.29, 0.717) is 6.54 Å². The molecule has 0 aliphatic carbocycles. The molecule has 0 unspecified atom stereocenters. The second kappa shape index (κ2) is 4.21. The molecule has 1 atom stereocenters. The second-order valence-corrected chi connectivity index (χ2v) is 2.96. The van der Waals surface area contributed by atoms with Crippen LogP contribution in [0.2, 0.25) is 0 Å². The van der Waals surface area contributed by atoms with Crippen LogP contribution < -0.4 is 5.32 Å². The topological polar surface area (TPSA) is 49.4 Å². The summed E-state index contributed by atoms with van der Waals surface area (Å²) in [5.41, 5.74) is 0. The van der Waals surface area contributed by atoms with Crippen LogP contribution in [-0.2, 0) is 9.59 Å². The summed E-state index contributed by atoms with van der Waals surface area (Å²) in [5.74, 6) is 0.0205. The summed E-state index contributed by atoms with van der Waals surface area (Å²) in [6, 6.07) is -0.175. The Morgan fingerprint density at radius 3 is 3.08 bits per heavy atom. The van der Waals surface area contributed by atoms with Crippen molar-refractivity contribution in [3.8, 4) is 0 Å². The van der Waals surface area contributed by atoms with Gasteiger partial charge >= 0.3 is 0 Å². The molecule has 68 valence electrons. The SMILES string of the molecule is CNCC(=O)N1CCC[C@@H]1C=O. The number of hydrogen-bond acceptors (Lipinski definition) is 3. The van der Waals surface area contributed by atoms with Gasteiger partial charge in [0.2, 0.25) is 5.91 Å². The van der Waals surface area contributed by atoms with E-state index in [0.717, 1.165) is 25.7 Å². The van der Waals surface area contributed by atoms with Crippen molar-refractivity contribution in [3.63, 3.8) is 0 Å². The van der Waals surface area contributed by atoms with Gasteiger partial charge in [-0.2, -0.15) is 0 Å². The van der Waals surface area contributed by atoms with Gasteiger partial charge in [-0.3, -0.25) is 4.79 Å². The van der Waals surface area contributed by atoms with Crippen molar-refractivity contribution in [3.05, 3.63) is 0 Å². The number of nitrogens with one attached hydrogen (secondary N) is 1. The van der Waals surface area contributed by atoms with Crippen LogP contribution in [0.1, 0.15) is 12.8 Å². The highest BCUT2D eigenvalue weighted by Crippen LogP contribution is 2.14. The van der Waals surface area contributed by atoms with E-state index in [1.54, 1.807) is 11.9 Å². The molecular formula is C8H14N2O2. The maximum absolute atomic E-state index is 11.3. The van der Waals surface area contributed by atoms with Crippen LogP contribution in [0.25, 0.3) is 0 Å². The summed E-state index contributed by atoms with van der Waals surface area (Å²) in [6.07, 6.45) is 2.62. The zero-order valence-electron chi connectivity index (χ0n) is 7.25. The van der Waals surface area contributed by atoms with Gasteiger partial charge < -0.3 is 15.0 Å². The van der Waals surface area contributed by atoms with Crippen molar-refractivity contribution < 1.29 is 9.59 Å². The Morgan fingerprint density at radius 2 is 2.50 bits per heavy atom. The fourth-order valence-corrected chi connectivity index (χ4v) is 1.50. The van der Waals surface area contributed by atoms with Crippen LogP contribution in [0.4, 0.5) is 0 Å². The first-order chi connectivity index (χ1) is 5.79. The van der Waals surface area contributed by atoms with Gasteiger partial charge in [-0.05, 0) is 19.9 Å². The lowest BCUT2D eigenvalue weighted by molar-refractivity contribution is -0.133. The molecule has 4 heteroatoms. The molecule has 0 saturated carbocycles. The van der Waals surface area contributed by atoms with Gasteiger partial charge in [-0.25, -0.2) is 0 Å². The number of amides is 1. The number of likely N-dealkylation sites (tertiary alicyclic amines) is 1. The highest BCUT2D eigenvalue weighted by Gasteiger charge is 2.27. The summed E-state index contributed by atoms with van der Waals surface area (Å²) in [5, 5.41) is 2.78. The number of likely N-dealkylation sites (N-methyl/N-ethyl adjacent to an activating group) is 1. The quantitative estimate of drug-likeness (QED) is 0.575. The van der Waals surface area contributed by atoms with Crippen molar-refractivity contribution in [2.75, 3.05) is 20.1 Å². The molecule has 1 saturated heterocycles. The van der Waals surface area contributed by atoms with Crippen molar-refractivity contribution >= 4 is 12.2 Å². The molecule has 1 amide bonds. The van der Waals surface area contributed by atoms with Crippen LogP contribution in [0.3, 0.4) is 0 Å². The van der Waals surface area contributed by atoms with Crippen molar-refractivity contribution in [1.82, 2.24) is 10.2 Å². The highest BCUT2D eigenvalue weighted by atomic mass is 16.2. The van der Waals surface area contributed by atoms with Crippen LogP contribution >= 0.6 is 0 Å². The largest absolute Gasteiger partial charge is 0.332 e. The number of hydrogen-bond donors (Lipinski definition) is 1. The van der Waals surface area contributed by atoms with E-state index in [2.05, 4.69) is 5.32 Å². The van der Waals surface area contributed by atoms with Crippen LogP contribution in [-0.4, -0.2) is 43.3 Å². The van der Waals surface area contributed by atoms with Crippen molar-refractivity contribution in [2.24, 2.45) is 0 Å². The summed E-state index contributed by atoms with van der Waals surface area (Å²) >= 11 is 0. The molecule has 0 aromatic carbocycles. The van der Waals surface area contributed by atoms with Gasteiger partial charge in [0, 0.05) is 6.54 Å². The Kier molecular flexibility index (Phi) is 3.22. The molecule has 0 bridgehead atoms. The van der Waals surface area contributed by atoms with E-state index in [1.165, 1.54) is 0 Å². The Morgan fingerprint density at radius 1 is 1.75 bits per heavy atom. The molecule has 0 radical (unpaired) electrons. The first-order valence-corrected chi connectivity index (χ1v) is 4.19. The molecule has 0 aromatic heterocycles. The van der Waals surface area contributed by atoms with Gasteiger partial charge in [-0.1, -0.05) is 0 Å². The lowest BCUT2D eigenvalue weighted by atomic mass is 10.2. The Balaban J connectivity index is 2.49. The van der Waals surface area contributed by atoms with Gasteiger partial charge in [0.15, 0.2) is 0 Å². The summed E-state index contributed by atoms with van der Waals surface area (Å²) < 4.78 is 0. The minimum absolute atomic E-state index is 0.0205. The average Bonchev–Trinajstić information content (AvgIpc) is 2.51. The van der Waals surface area contributed by atoms with Gasteiger partial charge in [0.25, 0.3) is 0 Å². The predicted octanol–water partition coefficient (Wildman–Crippen LogP) is -0.604. The fraction of sp³-hybridized carbons (Fsp3) is 0.750. The normalized spacial score (nSPS) is 22.8. The fourth-order valence-electron chi connectivity index (χ4n) is 1.50. The third kappa shape index (κ3) is 1.82. The monoisotopic (exact) mass is 170 g/mol. The molecule has 1 rings (SSSR count). The van der Waals surface area contributed by atoms with Gasteiger partial charge in [0.1, 0.15) is 6.29 Å². The minimum atomic E-state index is -0.175. The van der Waals surface area contributed by atoms with Gasteiger partial charge in [0.05, 0.1) is 12.6 Å². The zero-order chi connectivity index (χ0) is 8.97. The van der Waals surface area contributed by atoms with E-state index in [1.807, 2.05) is 0 Å². The lowest BCUT2D eigenvalue weighted by Crippen LogP contribution is -2.40. The molecule has 0 spiro atoms. The molecule has 1 N–H and O–H groups in total. The second-order valence-electron chi connectivity index (χ2n) is 2.96. The molecule has 12 heavy (non-hydrogen) atoms. The molecule has 1 fully saturated rings. The smallest absolute Gasteiger partial charge is 0.237 e. The van der Waals surface area contributed by atoms with Gasteiger partial charge in [-0.15, -0.1) is 0 Å². The third-order valence-electron chi connectivity index (χ3n) is 2.10. The maximum Gasteiger partial charge on any atom is 0.237 e. The van der Waals surface area contributed by atoms with E-state index < -0.39 is 0 Å². The zero-order valence-corrected chi connectivity index (χ0v) is 7.25. The lowest BCUT2D eigenvalue weighted by Gasteiger charge is -2.19. The predicted molar refractivity (Wildman–Crippen MR) is 44.7 cm³/mol. The van der Waals surface area contributed by atoms with E-state index in [4.69, 9.17) is 0 Å². The molecule has 1 aliphatic heterocycles. The molecular weight excluding hydrogens is 156 g/mol. The van der Waals surface area contributed by atoms with Crippen LogP contribution in [0.5, 0.6) is 0 Å². The number of carbonyl (C=O) groups is 2. The summed E-state index contributed by atoms with van der Waals surface area (Å²) in [4.78, 5) is 23.5. The van der Waals surface area contributed by atoms with Crippen LogP contribution in [0.15, 0.2) is 0 Å². The summed E-state index contributed by atoms with van der Waals surface area (Å²) in [6.45, 7) is 1.05. The van der Waals surface area contributed by atoms with Crippen molar-refractivity contribution in [1.29, 1.82) is 0 Å². The van der Waals surface area contributed by atoms with E-state index in [9.17, 15) is 9.59 Å². The van der Waals surface area contributed by atoms with Crippen molar-refractivity contribution in [2.45, 2.75) is 18.9 Å². The Labute approximate surface area is 71.9 Å². The van der Waals surface area contributed by atoms with E-state index >= 15 is 0 Å². The Bertz CT molecular complexity index is 182. The molecule has 1 aliphatic rings. The number of carbonyl (C=O) groups excluding carboxylic acids is 2.